The van der Waals surface area contributed by atoms with Gasteiger partial charge in [0.15, 0.2) is 6.07 Å². The molecule has 0 bridgehead atoms. The van der Waals surface area contributed by atoms with Gasteiger partial charge in [-0.05, 0) is 25.7 Å². The number of carbonyl (C=O) groups is 1. The highest BCUT2D eigenvalue weighted by Crippen LogP contribution is 2.07. The molecule has 1 aliphatic carbocycles. The largest absolute Gasteiger partial charge is 0.470 e. The normalized spacial score (nSPS) is 14.1. The van der Waals surface area contributed by atoms with Gasteiger partial charge in [0.1, 0.15) is 0 Å². The second-order valence-electron chi connectivity index (χ2n) is 2.17. The summed E-state index contributed by atoms with van der Waals surface area (Å²) < 4.78 is 0. The van der Waals surface area contributed by atoms with Gasteiger partial charge in [0.2, 0.25) is 0 Å². The van der Waals surface area contributed by atoms with E-state index in [0.717, 1.165) is 6.07 Å². The maximum atomic E-state index is 9.01. The molecule has 0 aromatic carbocycles. The number of hydrogen-bond acceptors (Lipinski definition) is 2. The molecule has 60 valence electrons. The van der Waals surface area contributed by atoms with Crippen LogP contribution in [0.2, 0.25) is 0 Å². The molecule has 0 heterocycles. The summed E-state index contributed by atoms with van der Waals surface area (Å²) in [5.74, 6) is -1.44. The van der Waals surface area contributed by atoms with Crippen molar-refractivity contribution in [1.29, 1.82) is 5.26 Å². The van der Waals surface area contributed by atoms with Gasteiger partial charge < -0.3 is 5.11 Å². The Bertz CT molecular complexity index is 171. The lowest BCUT2D eigenvalue weighted by Gasteiger charge is -1.97. The van der Waals surface area contributed by atoms with Crippen molar-refractivity contribution in [2.24, 2.45) is 0 Å². The van der Waals surface area contributed by atoms with Crippen molar-refractivity contribution in [2.45, 2.75) is 25.7 Å². The van der Waals surface area contributed by atoms with Gasteiger partial charge >= 0.3 is 5.97 Å². The summed E-state index contributed by atoms with van der Waals surface area (Å²) in [5.41, 5.74) is 0. The minimum absolute atomic E-state index is 0.944. The maximum Gasteiger partial charge on any atom is 0.408 e. The predicted molar refractivity (Wildman–Crippen MR) is 40.9 cm³/mol. The summed E-state index contributed by atoms with van der Waals surface area (Å²) in [6.07, 6.45) is 10.0. The molecule has 0 spiro atoms. The van der Waals surface area contributed by atoms with Crippen LogP contribution in [0.1, 0.15) is 25.7 Å². The number of carboxylic acids is 1. The molecule has 3 heteroatoms. The standard InChI is InChI=1S/C6H10.C2HNO2/c1-2-4-6-5-3-1;3-1-2(4)5/h1-2H,3-6H2;(H,4,5). The second-order valence-corrected chi connectivity index (χ2v) is 2.17. The summed E-state index contributed by atoms with van der Waals surface area (Å²) in [7, 11) is 0. The second kappa shape index (κ2) is 6.81. The molecule has 11 heavy (non-hydrogen) atoms. The first-order valence-electron chi connectivity index (χ1n) is 3.55. The van der Waals surface area contributed by atoms with Gasteiger partial charge in [-0.1, -0.05) is 12.2 Å². The monoisotopic (exact) mass is 153 g/mol. The summed E-state index contributed by atoms with van der Waals surface area (Å²) in [6, 6.07) is 0.944. The molecule has 0 fully saturated rings. The minimum atomic E-state index is -1.44. The van der Waals surface area contributed by atoms with E-state index in [9.17, 15) is 0 Å². The van der Waals surface area contributed by atoms with Crippen molar-refractivity contribution < 1.29 is 9.90 Å². The van der Waals surface area contributed by atoms with E-state index in [-0.39, 0.29) is 0 Å². The number of carboxylic acid groups (broad SMARTS) is 1. The van der Waals surface area contributed by atoms with Crippen LogP contribution in [-0.2, 0) is 4.79 Å². The maximum absolute atomic E-state index is 9.01. The fourth-order valence-electron chi connectivity index (χ4n) is 0.760. The SMILES string of the molecule is C1=CCCCC1.N#CC(=O)O. The molecule has 0 aromatic rings. The van der Waals surface area contributed by atoms with Gasteiger partial charge in [-0.25, -0.2) is 4.79 Å². The van der Waals surface area contributed by atoms with E-state index in [0.29, 0.717) is 0 Å². The highest BCUT2D eigenvalue weighted by atomic mass is 16.4. The van der Waals surface area contributed by atoms with E-state index >= 15 is 0 Å². The Morgan fingerprint density at radius 1 is 1.36 bits per heavy atom. The Kier molecular flexibility index (Phi) is 6.01. The minimum Gasteiger partial charge on any atom is -0.470 e. The van der Waals surface area contributed by atoms with Crippen LogP contribution >= 0.6 is 0 Å². The molecule has 3 nitrogen and oxygen atoms in total. The quantitative estimate of drug-likeness (QED) is 0.327. The Hall–Kier alpha value is -1.30. The first kappa shape index (κ1) is 9.70. The molecule has 1 rings (SSSR count). The smallest absolute Gasteiger partial charge is 0.408 e. The first-order valence-corrected chi connectivity index (χ1v) is 3.55. The van der Waals surface area contributed by atoms with Crippen LogP contribution in [0.15, 0.2) is 12.2 Å². The summed E-state index contributed by atoms with van der Waals surface area (Å²) >= 11 is 0. The van der Waals surface area contributed by atoms with Crippen molar-refractivity contribution in [1.82, 2.24) is 0 Å². The third-order valence-electron chi connectivity index (χ3n) is 1.25. The molecule has 0 saturated carbocycles. The van der Waals surface area contributed by atoms with Crippen LogP contribution in [-0.4, -0.2) is 11.1 Å². The van der Waals surface area contributed by atoms with Crippen LogP contribution in [0.25, 0.3) is 0 Å². The zero-order valence-electron chi connectivity index (χ0n) is 6.29. The lowest BCUT2D eigenvalue weighted by atomic mass is 10.1. The van der Waals surface area contributed by atoms with E-state index in [2.05, 4.69) is 12.2 Å². The van der Waals surface area contributed by atoms with Gasteiger partial charge in [-0.2, -0.15) is 5.26 Å². The van der Waals surface area contributed by atoms with E-state index in [1.165, 1.54) is 25.7 Å². The Morgan fingerprint density at radius 2 is 1.73 bits per heavy atom. The fraction of sp³-hybridized carbons (Fsp3) is 0.500. The summed E-state index contributed by atoms with van der Waals surface area (Å²) in [6.45, 7) is 0. The van der Waals surface area contributed by atoms with Crippen molar-refractivity contribution >= 4 is 5.97 Å². The van der Waals surface area contributed by atoms with Crippen molar-refractivity contribution in [2.75, 3.05) is 0 Å². The van der Waals surface area contributed by atoms with Gasteiger partial charge in [0, 0.05) is 0 Å². The number of nitriles is 1. The molecule has 0 aromatic heterocycles. The van der Waals surface area contributed by atoms with Crippen molar-refractivity contribution in [3.05, 3.63) is 12.2 Å². The number of nitrogens with zero attached hydrogens (tertiary/aromatic N) is 1. The average molecular weight is 153 g/mol. The average Bonchev–Trinajstić information content (AvgIpc) is 2.09. The fourth-order valence-corrected chi connectivity index (χ4v) is 0.760. The van der Waals surface area contributed by atoms with Crippen LogP contribution in [0.4, 0.5) is 0 Å². The highest BCUT2D eigenvalue weighted by molar-refractivity contribution is 5.83. The Balaban J connectivity index is 0.000000187. The molecule has 0 unspecified atom stereocenters. The zero-order chi connectivity index (χ0) is 8.53. The van der Waals surface area contributed by atoms with Crippen LogP contribution in [0, 0.1) is 11.3 Å². The molecule has 1 aliphatic rings. The summed E-state index contributed by atoms with van der Waals surface area (Å²) in [4.78, 5) is 9.01. The highest BCUT2D eigenvalue weighted by Gasteiger charge is 1.87. The molecule has 0 saturated heterocycles. The third kappa shape index (κ3) is 8.70. The molecule has 0 aliphatic heterocycles. The topological polar surface area (TPSA) is 61.1 Å². The van der Waals surface area contributed by atoms with E-state index < -0.39 is 5.97 Å². The van der Waals surface area contributed by atoms with Crippen LogP contribution < -0.4 is 0 Å². The molecular formula is C8H11NO2. The van der Waals surface area contributed by atoms with E-state index in [1.54, 1.807) is 0 Å². The summed E-state index contributed by atoms with van der Waals surface area (Å²) in [5, 5.41) is 14.7. The molecule has 0 amide bonds. The van der Waals surface area contributed by atoms with Gasteiger partial charge in [-0.15, -0.1) is 0 Å². The zero-order valence-corrected chi connectivity index (χ0v) is 6.29. The lowest BCUT2D eigenvalue weighted by molar-refractivity contribution is -0.130. The van der Waals surface area contributed by atoms with Crippen LogP contribution in [0.5, 0.6) is 0 Å². The molecule has 0 atom stereocenters. The van der Waals surface area contributed by atoms with Crippen LogP contribution in [0.3, 0.4) is 0 Å². The van der Waals surface area contributed by atoms with Gasteiger partial charge in [0.25, 0.3) is 0 Å². The number of rotatable bonds is 0. The first-order chi connectivity index (χ1) is 5.27. The number of allylic oxidation sites excluding steroid dienone is 2. The van der Waals surface area contributed by atoms with Gasteiger partial charge in [0.05, 0.1) is 0 Å². The molecule has 0 radical (unpaired) electrons. The molecular weight excluding hydrogens is 142 g/mol. The Morgan fingerprint density at radius 3 is 1.82 bits per heavy atom. The number of aliphatic carboxylic acids is 1. The van der Waals surface area contributed by atoms with Gasteiger partial charge in [-0.3, -0.25) is 0 Å². The predicted octanol–water partition coefficient (Wildman–Crippen LogP) is 1.71. The molecule has 1 N–H and O–H groups in total. The van der Waals surface area contributed by atoms with E-state index in [4.69, 9.17) is 15.2 Å². The Labute approximate surface area is 66.0 Å². The lowest BCUT2D eigenvalue weighted by Crippen LogP contribution is -1.83. The van der Waals surface area contributed by atoms with E-state index in [1.807, 2.05) is 0 Å². The van der Waals surface area contributed by atoms with Crippen molar-refractivity contribution in [3.8, 4) is 6.07 Å². The third-order valence-corrected chi connectivity index (χ3v) is 1.25. The van der Waals surface area contributed by atoms with Crippen molar-refractivity contribution in [3.63, 3.8) is 0 Å². The number of hydrogen-bond donors (Lipinski definition) is 1.